The van der Waals surface area contributed by atoms with Crippen molar-refractivity contribution in [1.29, 1.82) is 0 Å². The average molecular weight is 142 g/mol. The highest BCUT2D eigenvalue weighted by Gasteiger charge is 2.18. The van der Waals surface area contributed by atoms with Gasteiger partial charge >= 0.3 is 0 Å². The zero-order valence-electron chi connectivity index (χ0n) is 6.76. The van der Waals surface area contributed by atoms with Crippen LogP contribution in [0.25, 0.3) is 0 Å². The molecule has 1 aliphatic heterocycles. The van der Waals surface area contributed by atoms with Crippen LogP contribution in [0, 0.1) is 6.42 Å². The average Bonchev–Trinajstić information content (AvgIpc) is 2.05. The molecule has 1 saturated heterocycles. The van der Waals surface area contributed by atoms with Crippen molar-refractivity contribution in [2.24, 2.45) is 0 Å². The Balaban J connectivity index is 2.24. The Hall–Kier alpha value is -0.0800. The highest BCUT2D eigenvalue weighted by atomic mass is 16.5. The van der Waals surface area contributed by atoms with Crippen LogP contribution in [0.3, 0.4) is 0 Å². The zero-order chi connectivity index (χ0) is 7.40. The van der Waals surface area contributed by atoms with Crippen molar-refractivity contribution in [1.82, 2.24) is 5.32 Å². The summed E-state index contributed by atoms with van der Waals surface area (Å²) in [5.41, 5.74) is 0. The lowest BCUT2D eigenvalue weighted by atomic mass is 10.0. The van der Waals surface area contributed by atoms with Crippen LogP contribution in [0.15, 0.2) is 0 Å². The first-order chi connectivity index (χ1) is 4.84. The lowest BCUT2D eigenvalue weighted by Crippen LogP contribution is -2.42. The van der Waals surface area contributed by atoms with Gasteiger partial charge in [-0.25, -0.2) is 0 Å². The van der Waals surface area contributed by atoms with Gasteiger partial charge in [0.25, 0.3) is 0 Å². The lowest BCUT2D eigenvalue weighted by molar-refractivity contribution is 0.0790. The Morgan fingerprint density at radius 1 is 1.70 bits per heavy atom. The number of piperidine rings is 1. The molecule has 0 spiro atoms. The van der Waals surface area contributed by atoms with Crippen LogP contribution in [-0.4, -0.2) is 25.8 Å². The molecule has 1 heterocycles. The third-order valence-corrected chi connectivity index (χ3v) is 2.11. The summed E-state index contributed by atoms with van der Waals surface area (Å²) in [6, 6.07) is 0.541. The molecule has 0 aromatic carbocycles. The van der Waals surface area contributed by atoms with E-state index in [0.29, 0.717) is 12.1 Å². The number of nitrogens with one attached hydrogen (secondary N) is 1. The molecule has 2 unspecified atom stereocenters. The van der Waals surface area contributed by atoms with E-state index < -0.39 is 0 Å². The molecule has 0 bridgehead atoms. The van der Waals surface area contributed by atoms with Crippen LogP contribution in [0.4, 0.5) is 0 Å². The van der Waals surface area contributed by atoms with E-state index in [0.717, 1.165) is 13.0 Å². The van der Waals surface area contributed by atoms with Gasteiger partial charge in [0.15, 0.2) is 0 Å². The third-order valence-electron chi connectivity index (χ3n) is 2.11. The monoisotopic (exact) mass is 142 g/mol. The molecule has 1 N–H and O–H groups in total. The van der Waals surface area contributed by atoms with E-state index >= 15 is 0 Å². The first-order valence-electron chi connectivity index (χ1n) is 3.92. The fourth-order valence-electron chi connectivity index (χ4n) is 1.27. The van der Waals surface area contributed by atoms with E-state index in [4.69, 9.17) is 4.74 Å². The Kier molecular flexibility index (Phi) is 3.16. The standard InChI is InChI=1S/C8H16NO/c1-7(10-2)8-5-3-4-6-9-8/h3,7-9H,4-6H2,1-2H3. The molecule has 0 aromatic heterocycles. The minimum atomic E-state index is 0.344. The number of hydrogen-bond donors (Lipinski definition) is 1. The molecule has 2 nitrogen and oxygen atoms in total. The number of ether oxygens (including phenoxy) is 1. The van der Waals surface area contributed by atoms with Gasteiger partial charge in [0.05, 0.1) is 6.10 Å². The van der Waals surface area contributed by atoms with Gasteiger partial charge < -0.3 is 10.1 Å². The van der Waals surface area contributed by atoms with Crippen LogP contribution >= 0.6 is 0 Å². The van der Waals surface area contributed by atoms with Crippen molar-refractivity contribution in [2.75, 3.05) is 13.7 Å². The zero-order valence-corrected chi connectivity index (χ0v) is 6.76. The first kappa shape index (κ1) is 8.02. The maximum absolute atomic E-state index is 5.21. The summed E-state index contributed by atoms with van der Waals surface area (Å²) in [7, 11) is 1.76. The molecule has 0 amide bonds. The number of hydrogen-bond acceptors (Lipinski definition) is 2. The van der Waals surface area contributed by atoms with Crippen molar-refractivity contribution in [3.63, 3.8) is 0 Å². The maximum Gasteiger partial charge on any atom is 0.0696 e. The maximum atomic E-state index is 5.21. The van der Waals surface area contributed by atoms with Gasteiger partial charge in [-0.05, 0) is 32.7 Å². The smallest absolute Gasteiger partial charge is 0.0696 e. The molecule has 10 heavy (non-hydrogen) atoms. The molecular formula is C8H16NO. The second-order valence-electron chi connectivity index (χ2n) is 2.81. The van der Waals surface area contributed by atoms with E-state index in [2.05, 4.69) is 18.7 Å². The molecule has 0 saturated carbocycles. The number of rotatable bonds is 2. The third kappa shape index (κ3) is 1.96. The Bertz CT molecular complexity index is 89.3. The molecule has 59 valence electrons. The summed E-state index contributed by atoms with van der Waals surface area (Å²) in [4.78, 5) is 0. The highest BCUT2D eigenvalue weighted by molar-refractivity contribution is 4.85. The summed E-state index contributed by atoms with van der Waals surface area (Å²) in [6.45, 7) is 3.22. The van der Waals surface area contributed by atoms with E-state index in [1.165, 1.54) is 6.42 Å². The molecule has 1 fully saturated rings. The van der Waals surface area contributed by atoms with E-state index in [1.807, 2.05) is 0 Å². The fraction of sp³-hybridized carbons (Fsp3) is 0.875. The summed E-state index contributed by atoms with van der Waals surface area (Å²) < 4.78 is 5.21. The second-order valence-corrected chi connectivity index (χ2v) is 2.81. The Morgan fingerprint density at radius 3 is 3.00 bits per heavy atom. The Morgan fingerprint density at radius 2 is 2.50 bits per heavy atom. The van der Waals surface area contributed by atoms with Crippen LogP contribution in [0.2, 0.25) is 0 Å². The van der Waals surface area contributed by atoms with E-state index in [9.17, 15) is 0 Å². The molecule has 0 aromatic rings. The van der Waals surface area contributed by atoms with Crippen molar-refractivity contribution in [3.8, 4) is 0 Å². The van der Waals surface area contributed by atoms with Crippen LogP contribution < -0.4 is 5.32 Å². The van der Waals surface area contributed by atoms with Gasteiger partial charge in [-0.2, -0.15) is 0 Å². The minimum absolute atomic E-state index is 0.344. The number of methoxy groups -OCH3 is 1. The molecule has 1 rings (SSSR count). The summed E-state index contributed by atoms with van der Waals surface area (Å²) in [5.74, 6) is 0. The van der Waals surface area contributed by atoms with Crippen molar-refractivity contribution in [3.05, 3.63) is 6.42 Å². The summed E-state index contributed by atoms with van der Waals surface area (Å²) >= 11 is 0. The quantitative estimate of drug-likeness (QED) is 0.620. The molecule has 2 heteroatoms. The van der Waals surface area contributed by atoms with Crippen LogP contribution in [0.5, 0.6) is 0 Å². The second kappa shape index (κ2) is 3.94. The predicted octanol–water partition coefficient (Wildman–Crippen LogP) is 0.978. The van der Waals surface area contributed by atoms with Gasteiger partial charge in [0.1, 0.15) is 0 Å². The first-order valence-corrected chi connectivity index (χ1v) is 3.92. The van der Waals surface area contributed by atoms with Crippen LogP contribution in [-0.2, 0) is 4.74 Å². The van der Waals surface area contributed by atoms with Gasteiger partial charge in [-0.15, -0.1) is 0 Å². The topological polar surface area (TPSA) is 21.3 Å². The van der Waals surface area contributed by atoms with Gasteiger partial charge in [-0.3, -0.25) is 0 Å². The van der Waals surface area contributed by atoms with E-state index in [1.54, 1.807) is 7.11 Å². The van der Waals surface area contributed by atoms with Gasteiger partial charge in [0.2, 0.25) is 0 Å². The van der Waals surface area contributed by atoms with Crippen molar-refractivity contribution in [2.45, 2.75) is 31.9 Å². The fourth-order valence-corrected chi connectivity index (χ4v) is 1.27. The largest absolute Gasteiger partial charge is 0.380 e. The van der Waals surface area contributed by atoms with E-state index in [-0.39, 0.29) is 0 Å². The van der Waals surface area contributed by atoms with Crippen molar-refractivity contribution >= 4 is 0 Å². The normalized spacial score (nSPS) is 30.0. The molecule has 1 radical (unpaired) electrons. The highest BCUT2D eigenvalue weighted by Crippen LogP contribution is 2.10. The summed E-state index contributed by atoms with van der Waals surface area (Å²) in [5, 5.41) is 3.41. The molecule has 1 aliphatic rings. The Labute approximate surface area is 63.0 Å². The van der Waals surface area contributed by atoms with Crippen molar-refractivity contribution < 1.29 is 4.74 Å². The molecule has 0 aliphatic carbocycles. The minimum Gasteiger partial charge on any atom is -0.380 e. The molecule has 2 atom stereocenters. The predicted molar refractivity (Wildman–Crippen MR) is 41.8 cm³/mol. The van der Waals surface area contributed by atoms with Crippen LogP contribution in [0.1, 0.15) is 19.8 Å². The summed E-state index contributed by atoms with van der Waals surface area (Å²) in [6.07, 6.45) is 5.02. The van der Waals surface area contributed by atoms with Gasteiger partial charge in [-0.1, -0.05) is 0 Å². The SMILES string of the molecule is COC(C)C1C[CH]CCN1. The molecular weight excluding hydrogens is 126 g/mol. The van der Waals surface area contributed by atoms with Gasteiger partial charge in [0, 0.05) is 13.2 Å². The lowest BCUT2D eigenvalue weighted by Gasteiger charge is -2.27.